The Labute approximate surface area is 115 Å². The van der Waals surface area contributed by atoms with Crippen molar-refractivity contribution in [2.45, 2.75) is 32.2 Å². The molecule has 2 aromatic rings. The molecule has 1 amide bonds. The van der Waals surface area contributed by atoms with Crippen LogP contribution in [0.3, 0.4) is 0 Å². The topological polar surface area (TPSA) is 81.2 Å². The van der Waals surface area contributed by atoms with Gasteiger partial charge in [-0.3, -0.25) is 4.79 Å². The highest BCUT2D eigenvalue weighted by Crippen LogP contribution is 2.25. The predicted octanol–water partition coefficient (Wildman–Crippen LogP) is 2.86. The Bertz CT molecular complexity index is 546. The molecule has 19 heavy (non-hydrogen) atoms. The molecule has 1 unspecified atom stereocenters. The summed E-state index contributed by atoms with van der Waals surface area (Å²) in [7, 11) is 0. The molecule has 0 aliphatic carbocycles. The Hall–Kier alpha value is -1.66. The van der Waals surface area contributed by atoms with E-state index in [0.717, 1.165) is 6.42 Å². The maximum Gasteiger partial charge on any atom is 0.245 e. The number of amides is 1. The number of furan rings is 1. The summed E-state index contributed by atoms with van der Waals surface area (Å²) in [5, 5.41) is 5.12. The van der Waals surface area contributed by atoms with Crippen LogP contribution in [-0.4, -0.2) is 16.4 Å². The third-order valence-corrected chi connectivity index (χ3v) is 3.54. The van der Waals surface area contributed by atoms with Crippen LogP contribution in [0.1, 0.15) is 26.7 Å². The first-order valence-electron chi connectivity index (χ1n) is 6.12. The molecule has 0 aliphatic rings. The number of anilines is 1. The second kappa shape index (κ2) is 5.54. The first kappa shape index (κ1) is 13.8. The quantitative estimate of drug-likeness (QED) is 0.881. The lowest BCUT2D eigenvalue weighted by molar-refractivity contribution is -0.120. The number of thiazole rings is 1. The molecule has 1 atom stereocenters. The molecule has 102 valence electrons. The summed E-state index contributed by atoms with van der Waals surface area (Å²) >= 11 is 1.35. The minimum absolute atomic E-state index is 0.213. The van der Waals surface area contributed by atoms with Gasteiger partial charge in [0.2, 0.25) is 5.91 Å². The van der Waals surface area contributed by atoms with Gasteiger partial charge in [0.15, 0.2) is 10.9 Å². The van der Waals surface area contributed by atoms with E-state index in [1.807, 2.05) is 18.4 Å². The van der Waals surface area contributed by atoms with Crippen LogP contribution in [0.2, 0.25) is 0 Å². The minimum atomic E-state index is -0.870. The first-order valence-corrected chi connectivity index (χ1v) is 7.00. The van der Waals surface area contributed by atoms with Gasteiger partial charge >= 0.3 is 0 Å². The van der Waals surface area contributed by atoms with Crippen LogP contribution in [-0.2, 0) is 4.79 Å². The monoisotopic (exact) mass is 279 g/mol. The lowest BCUT2D eigenvalue weighted by atomic mass is 9.97. The van der Waals surface area contributed by atoms with Gasteiger partial charge in [-0.2, -0.15) is 0 Å². The number of nitrogens with two attached hydrogens (primary N) is 1. The summed E-state index contributed by atoms with van der Waals surface area (Å²) in [4.78, 5) is 16.3. The maximum atomic E-state index is 12.0. The van der Waals surface area contributed by atoms with E-state index in [9.17, 15) is 4.79 Å². The van der Waals surface area contributed by atoms with Gasteiger partial charge in [-0.1, -0.05) is 13.3 Å². The average molecular weight is 279 g/mol. The van der Waals surface area contributed by atoms with Crippen LogP contribution in [0.25, 0.3) is 11.5 Å². The molecule has 0 aliphatic heterocycles. The lowest BCUT2D eigenvalue weighted by Gasteiger charge is -2.21. The van der Waals surface area contributed by atoms with Crippen molar-refractivity contribution in [3.05, 3.63) is 23.8 Å². The van der Waals surface area contributed by atoms with Crippen molar-refractivity contribution < 1.29 is 9.21 Å². The SMILES string of the molecule is CCCC(C)(N)C(=O)Nc1nc(-c2ccco2)cs1. The fourth-order valence-electron chi connectivity index (χ4n) is 1.74. The molecule has 0 aromatic carbocycles. The van der Waals surface area contributed by atoms with Crippen molar-refractivity contribution in [2.75, 3.05) is 5.32 Å². The summed E-state index contributed by atoms with van der Waals surface area (Å²) < 4.78 is 5.25. The molecule has 0 saturated carbocycles. The normalized spacial score (nSPS) is 14.1. The predicted molar refractivity (Wildman–Crippen MR) is 75.9 cm³/mol. The Balaban J connectivity index is 2.06. The van der Waals surface area contributed by atoms with Gasteiger partial charge in [0.05, 0.1) is 11.8 Å². The Morgan fingerprint density at radius 2 is 2.42 bits per heavy atom. The standard InChI is InChI=1S/C13H17N3O2S/c1-3-6-13(2,14)11(17)16-12-15-9(8-19-12)10-5-4-7-18-10/h4-5,7-8H,3,6,14H2,1-2H3,(H,15,16,17). The van der Waals surface area contributed by atoms with E-state index < -0.39 is 5.54 Å². The molecule has 0 fully saturated rings. The van der Waals surface area contributed by atoms with Gasteiger partial charge in [0.1, 0.15) is 5.69 Å². The fourth-order valence-corrected chi connectivity index (χ4v) is 2.44. The number of carbonyl (C=O) groups excluding carboxylic acids is 1. The Morgan fingerprint density at radius 3 is 3.05 bits per heavy atom. The molecule has 2 aromatic heterocycles. The van der Waals surface area contributed by atoms with E-state index in [4.69, 9.17) is 10.2 Å². The second-order valence-electron chi connectivity index (χ2n) is 4.64. The van der Waals surface area contributed by atoms with E-state index in [1.165, 1.54) is 11.3 Å². The third-order valence-electron chi connectivity index (χ3n) is 2.79. The van der Waals surface area contributed by atoms with Gasteiger partial charge < -0.3 is 15.5 Å². The molecule has 0 radical (unpaired) electrons. The summed E-state index contributed by atoms with van der Waals surface area (Å²) in [6.45, 7) is 3.73. The first-order chi connectivity index (χ1) is 9.03. The van der Waals surface area contributed by atoms with Gasteiger partial charge in [-0.05, 0) is 25.5 Å². The highest BCUT2D eigenvalue weighted by atomic mass is 32.1. The van der Waals surface area contributed by atoms with Crippen molar-refractivity contribution in [1.82, 2.24) is 4.98 Å². The van der Waals surface area contributed by atoms with Gasteiger partial charge in [-0.25, -0.2) is 4.98 Å². The maximum absolute atomic E-state index is 12.0. The van der Waals surface area contributed by atoms with Gasteiger partial charge in [-0.15, -0.1) is 11.3 Å². The van der Waals surface area contributed by atoms with Crippen LogP contribution >= 0.6 is 11.3 Å². The Kier molecular flexibility index (Phi) is 4.01. The zero-order chi connectivity index (χ0) is 13.9. The van der Waals surface area contributed by atoms with E-state index in [0.29, 0.717) is 23.0 Å². The summed E-state index contributed by atoms with van der Waals surface area (Å²) in [5.41, 5.74) is 5.80. The van der Waals surface area contributed by atoms with Crippen molar-refractivity contribution >= 4 is 22.4 Å². The highest BCUT2D eigenvalue weighted by Gasteiger charge is 2.27. The lowest BCUT2D eigenvalue weighted by Crippen LogP contribution is -2.48. The third kappa shape index (κ3) is 3.21. The number of hydrogen-bond donors (Lipinski definition) is 2. The van der Waals surface area contributed by atoms with E-state index in [-0.39, 0.29) is 5.91 Å². The molecule has 5 nitrogen and oxygen atoms in total. The summed E-state index contributed by atoms with van der Waals surface area (Å²) in [6, 6.07) is 3.62. The largest absolute Gasteiger partial charge is 0.463 e. The number of carbonyl (C=O) groups is 1. The van der Waals surface area contributed by atoms with Crippen LogP contribution in [0.4, 0.5) is 5.13 Å². The van der Waals surface area contributed by atoms with Crippen molar-refractivity contribution in [2.24, 2.45) is 5.73 Å². The van der Waals surface area contributed by atoms with E-state index in [1.54, 1.807) is 19.3 Å². The number of rotatable bonds is 5. The van der Waals surface area contributed by atoms with Crippen molar-refractivity contribution in [3.63, 3.8) is 0 Å². The summed E-state index contributed by atoms with van der Waals surface area (Å²) in [6.07, 6.45) is 3.08. The molecule has 0 bridgehead atoms. The van der Waals surface area contributed by atoms with Crippen LogP contribution in [0.5, 0.6) is 0 Å². The van der Waals surface area contributed by atoms with Gasteiger partial charge in [0, 0.05) is 5.38 Å². The number of nitrogens with zero attached hydrogens (tertiary/aromatic N) is 1. The zero-order valence-corrected chi connectivity index (χ0v) is 11.8. The molecular formula is C13H17N3O2S. The average Bonchev–Trinajstić information content (AvgIpc) is 2.97. The van der Waals surface area contributed by atoms with Gasteiger partial charge in [0.25, 0.3) is 0 Å². The van der Waals surface area contributed by atoms with E-state index in [2.05, 4.69) is 10.3 Å². The number of hydrogen-bond acceptors (Lipinski definition) is 5. The number of aromatic nitrogens is 1. The molecule has 3 N–H and O–H groups in total. The van der Waals surface area contributed by atoms with Crippen molar-refractivity contribution in [3.8, 4) is 11.5 Å². The molecule has 0 spiro atoms. The fraction of sp³-hybridized carbons (Fsp3) is 0.385. The smallest absolute Gasteiger partial charge is 0.245 e. The van der Waals surface area contributed by atoms with Crippen LogP contribution < -0.4 is 11.1 Å². The number of nitrogens with one attached hydrogen (secondary N) is 1. The summed E-state index contributed by atoms with van der Waals surface area (Å²) in [5.74, 6) is 0.468. The second-order valence-corrected chi connectivity index (χ2v) is 5.49. The molecule has 6 heteroatoms. The van der Waals surface area contributed by atoms with Crippen LogP contribution in [0, 0.1) is 0 Å². The molecule has 0 saturated heterocycles. The zero-order valence-electron chi connectivity index (χ0n) is 11.0. The van der Waals surface area contributed by atoms with E-state index >= 15 is 0 Å². The van der Waals surface area contributed by atoms with Crippen LogP contribution in [0.15, 0.2) is 28.2 Å². The molecule has 2 heterocycles. The van der Waals surface area contributed by atoms with Crippen molar-refractivity contribution in [1.29, 1.82) is 0 Å². The minimum Gasteiger partial charge on any atom is -0.463 e. The highest BCUT2D eigenvalue weighted by molar-refractivity contribution is 7.14. The molecule has 2 rings (SSSR count). The Morgan fingerprint density at radius 1 is 1.63 bits per heavy atom. The molecular weight excluding hydrogens is 262 g/mol.